The van der Waals surface area contributed by atoms with E-state index in [1.165, 1.54) is 17.3 Å². The molecule has 1 aliphatic heterocycles. The fourth-order valence-corrected chi connectivity index (χ4v) is 4.84. The second-order valence-corrected chi connectivity index (χ2v) is 10.0. The number of thioether (sulfide) groups is 1. The summed E-state index contributed by atoms with van der Waals surface area (Å²) in [4.78, 5) is 13.2. The fraction of sp³-hybridized carbons (Fsp3) is 0.179. The van der Waals surface area contributed by atoms with E-state index < -0.39 is 0 Å². The summed E-state index contributed by atoms with van der Waals surface area (Å²) >= 11 is 4.94. The van der Waals surface area contributed by atoms with E-state index in [9.17, 15) is 4.79 Å². The minimum atomic E-state index is -0.201. The standard InChI is InChI=1S/C28H27BrN2O2S/c1-3-5-22-16-21(10-15-25(22)33-18-20-6-11-23(29)12-7-20)17-26-27(32)31-28(34-26)30-24-13-8-19(4-2)9-14-24/h3,6-17,28,30H,1,4-5,18H2,2H3,(H,31,32)/b26-17-/t28-/m0/s1. The summed E-state index contributed by atoms with van der Waals surface area (Å²) in [6.07, 6.45) is 5.47. The number of carbonyl (C=O) groups is 1. The molecule has 1 aliphatic rings. The van der Waals surface area contributed by atoms with Gasteiger partial charge in [-0.3, -0.25) is 4.79 Å². The largest absolute Gasteiger partial charge is 0.489 e. The summed E-state index contributed by atoms with van der Waals surface area (Å²) < 4.78 is 7.13. The summed E-state index contributed by atoms with van der Waals surface area (Å²) in [6, 6.07) is 22.4. The summed E-state index contributed by atoms with van der Waals surface area (Å²) in [5.74, 6) is 0.747. The minimum Gasteiger partial charge on any atom is -0.489 e. The van der Waals surface area contributed by atoms with Crippen LogP contribution >= 0.6 is 27.7 Å². The second-order valence-electron chi connectivity index (χ2n) is 7.95. The summed E-state index contributed by atoms with van der Waals surface area (Å²) in [5.41, 5.74) is 5.16. The Kier molecular flexibility index (Phi) is 8.14. The summed E-state index contributed by atoms with van der Waals surface area (Å²) in [7, 11) is 0. The van der Waals surface area contributed by atoms with Crippen LogP contribution in [0.3, 0.4) is 0 Å². The van der Waals surface area contributed by atoms with Crippen molar-refractivity contribution in [3.63, 3.8) is 0 Å². The number of halogens is 1. The number of hydrogen-bond acceptors (Lipinski definition) is 4. The molecule has 1 saturated heterocycles. The van der Waals surface area contributed by atoms with Crippen molar-refractivity contribution in [3.8, 4) is 5.75 Å². The molecule has 1 atom stereocenters. The van der Waals surface area contributed by atoms with Crippen LogP contribution in [0.25, 0.3) is 6.08 Å². The molecule has 0 aliphatic carbocycles. The minimum absolute atomic E-state index is 0.0755. The first-order valence-electron chi connectivity index (χ1n) is 11.2. The van der Waals surface area contributed by atoms with Crippen LogP contribution in [0.4, 0.5) is 5.69 Å². The third kappa shape index (κ3) is 6.33. The highest BCUT2D eigenvalue weighted by Crippen LogP contribution is 2.31. The number of amides is 1. The first-order valence-corrected chi connectivity index (χ1v) is 12.9. The van der Waals surface area contributed by atoms with E-state index in [4.69, 9.17) is 4.74 Å². The van der Waals surface area contributed by atoms with E-state index in [2.05, 4.69) is 58.3 Å². The fourth-order valence-electron chi connectivity index (χ4n) is 3.59. The molecule has 0 saturated carbocycles. The van der Waals surface area contributed by atoms with Crippen LogP contribution in [0.1, 0.15) is 29.2 Å². The van der Waals surface area contributed by atoms with Gasteiger partial charge in [0, 0.05) is 10.2 Å². The van der Waals surface area contributed by atoms with Crippen molar-refractivity contribution in [2.24, 2.45) is 0 Å². The van der Waals surface area contributed by atoms with Crippen LogP contribution in [-0.4, -0.2) is 11.4 Å². The van der Waals surface area contributed by atoms with Gasteiger partial charge >= 0.3 is 0 Å². The number of nitrogens with one attached hydrogen (secondary N) is 2. The molecule has 0 bridgehead atoms. The molecule has 34 heavy (non-hydrogen) atoms. The zero-order valence-electron chi connectivity index (χ0n) is 19.0. The molecule has 4 rings (SSSR count). The first-order chi connectivity index (χ1) is 16.5. The van der Waals surface area contributed by atoms with E-state index >= 15 is 0 Å². The van der Waals surface area contributed by atoms with Gasteiger partial charge in [-0.05, 0) is 77.6 Å². The number of ether oxygens (including phenoxy) is 1. The first kappa shape index (κ1) is 24.2. The number of rotatable bonds is 9. The highest BCUT2D eigenvalue weighted by molar-refractivity contribution is 9.10. The van der Waals surface area contributed by atoms with Crippen molar-refractivity contribution < 1.29 is 9.53 Å². The normalized spacial score (nSPS) is 16.4. The maximum Gasteiger partial charge on any atom is 0.260 e. The number of allylic oxidation sites excluding steroid dienone is 1. The molecule has 3 aromatic carbocycles. The van der Waals surface area contributed by atoms with E-state index in [0.29, 0.717) is 17.9 Å². The topological polar surface area (TPSA) is 50.4 Å². The molecule has 174 valence electrons. The Labute approximate surface area is 213 Å². The number of benzene rings is 3. The predicted octanol–water partition coefficient (Wildman–Crippen LogP) is 6.92. The lowest BCUT2D eigenvalue weighted by atomic mass is 10.1. The van der Waals surface area contributed by atoms with Crippen molar-refractivity contribution in [3.05, 3.63) is 111 Å². The van der Waals surface area contributed by atoms with Crippen LogP contribution in [0.5, 0.6) is 5.75 Å². The van der Waals surface area contributed by atoms with Crippen molar-refractivity contribution in [1.29, 1.82) is 0 Å². The van der Waals surface area contributed by atoms with E-state index in [0.717, 1.165) is 39.0 Å². The zero-order chi connectivity index (χ0) is 23.9. The van der Waals surface area contributed by atoms with E-state index in [1.807, 2.05) is 60.7 Å². The molecular formula is C28H27BrN2O2S. The molecule has 2 N–H and O–H groups in total. The molecule has 4 nitrogen and oxygen atoms in total. The number of anilines is 1. The lowest BCUT2D eigenvalue weighted by Crippen LogP contribution is -2.30. The lowest BCUT2D eigenvalue weighted by Gasteiger charge is -2.13. The molecule has 1 fully saturated rings. The number of hydrogen-bond donors (Lipinski definition) is 2. The molecule has 3 aromatic rings. The zero-order valence-corrected chi connectivity index (χ0v) is 21.4. The van der Waals surface area contributed by atoms with Gasteiger partial charge < -0.3 is 15.4 Å². The van der Waals surface area contributed by atoms with Crippen molar-refractivity contribution in [2.45, 2.75) is 31.9 Å². The maximum atomic E-state index is 12.6. The molecule has 6 heteroatoms. The highest BCUT2D eigenvalue weighted by Gasteiger charge is 2.27. The summed E-state index contributed by atoms with van der Waals surface area (Å²) in [6.45, 7) is 6.50. The van der Waals surface area contributed by atoms with Gasteiger partial charge in [0.1, 0.15) is 12.4 Å². The second kappa shape index (κ2) is 11.4. The van der Waals surface area contributed by atoms with Gasteiger partial charge in [0.05, 0.1) is 4.91 Å². The number of aryl methyl sites for hydroxylation is 1. The Morgan fingerprint density at radius 3 is 2.53 bits per heavy atom. The highest BCUT2D eigenvalue weighted by atomic mass is 79.9. The van der Waals surface area contributed by atoms with Gasteiger partial charge in [0.2, 0.25) is 0 Å². The van der Waals surface area contributed by atoms with Crippen molar-refractivity contribution in [2.75, 3.05) is 5.32 Å². The molecular weight excluding hydrogens is 508 g/mol. The van der Waals surface area contributed by atoms with Crippen molar-refractivity contribution in [1.82, 2.24) is 5.32 Å². The molecule has 0 aromatic heterocycles. The molecule has 0 spiro atoms. The van der Waals surface area contributed by atoms with Gasteiger partial charge in [0.25, 0.3) is 5.91 Å². The molecule has 0 radical (unpaired) electrons. The van der Waals surface area contributed by atoms with Crippen LogP contribution in [0, 0.1) is 0 Å². The Balaban J connectivity index is 1.44. The van der Waals surface area contributed by atoms with Gasteiger partial charge in [-0.15, -0.1) is 6.58 Å². The Morgan fingerprint density at radius 1 is 1.09 bits per heavy atom. The molecule has 1 heterocycles. The average molecular weight is 536 g/mol. The van der Waals surface area contributed by atoms with E-state index in [1.54, 1.807) is 0 Å². The predicted molar refractivity (Wildman–Crippen MR) is 146 cm³/mol. The summed E-state index contributed by atoms with van der Waals surface area (Å²) in [5, 5.41) is 6.36. The monoisotopic (exact) mass is 534 g/mol. The third-order valence-electron chi connectivity index (χ3n) is 5.44. The van der Waals surface area contributed by atoms with Crippen LogP contribution in [0.2, 0.25) is 0 Å². The van der Waals surface area contributed by atoms with Crippen LogP contribution in [-0.2, 0) is 24.2 Å². The average Bonchev–Trinajstić information content (AvgIpc) is 3.18. The van der Waals surface area contributed by atoms with Crippen LogP contribution < -0.4 is 15.4 Å². The lowest BCUT2D eigenvalue weighted by molar-refractivity contribution is -0.116. The number of carbonyl (C=O) groups excluding carboxylic acids is 1. The van der Waals surface area contributed by atoms with Gasteiger partial charge in [0.15, 0.2) is 5.50 Å². The van der Waals surface area contributed by atoms with Gasteiger partial charge in [-0.25, -0.2) is 0 Å². The van der Waals surface area contributed by atoms with Gasteiger partial charge in [-0.1, -0.05) is 71.0 Å². The SMILES string of the molecule is C=CCc1cc(/C=C2\S[C@@H](Nc3ccc(CC)cc3)NC2=O)ccc1OCc1ccc(Br)cc1. The quantitative estimate of drug-likeness (QED) is 0.231. The van der Waals surface area contributed by atoms with Crippen molar-refractivity contribution >= 4 is 45.4 Å². The maximum absolute atomic E-state index is 12.6. The van der Waals surface area contributed by atoms with Gasteiger partial charge in [-0.2, -0.15) is 0 Å². The van der Waals surface area contributed by atoms with E-state index in [-0.39, 0.29) is 11.4 Å². The molecule has 1 amide bonds. The Bertz CT molecular complexity index is 1190. The molecule has 0 unspecified atom stereocenters. The Morgan fingerprint density at radius 2 is 1.82 bits per heavy atom. The smallest absolute Gasteiger partial charge is 0.260 e. The third-order valence-corrected chi connectivity index (χ3v) is 7.00. The van der Waals surface area contributed by atoms with Crippen LogP contribution in [0.15, 0.2) is 88.8 Å². The Hall–Kier alpha value is -2.96.